The molecule has 0 saturated heterocycles. The monoisotopic (exact) mass is 318 g/mol. The fourth-order valence-corrected chi connectivity index (χ4v) is 4.21. The first-order valence-corrected chi connectivity index (χ1v) is 7.93. The maximum atomic E-state index is 11.5. The number of rotatable bonds is 5. The van der Waals surface area contributed by atoms with Crippen molar-refractivity contribution in [1.29, 1.82) is 0 Å². The molecule has 0 aromatic carbocycles. The minimum Gasteiger partial charge on any atom is -0.327 e. The average Bonchev–Trinajstić information content (AvgIpc) is 2.92. The first kappa shape index (κ1) is 14.6. The van der Waals surface area contributed by atoms with E-state index in [2.05, 4.69) is 10.2 Å². The molecule has 5 nitrogen and oxygen atoms in total. The van der Waals surface area contributed by atoms with Crippen LogP contribution in [0, 0.1) is 0 Å². The van der Waals surface area contributed by atoms with Crippen molar-refractivity contribution in [2.45, 2.75) is 36.8 Å². The van der Waals surface area contributed by atoms with Crippen LogP contribution in [0.25, 0.3) is 0 Å². The second-order valence-electron chi connectivity index (χ2n) is 4.10. The van der Waals surface area contributed by atoms with E-state index in [9.17, 15) is 4.79 Å². The molecule has 2 rings (SSSR count). The Bertz CT molecular complexity index is 604. The van der Waals surface area contributed by atoms with Gasteiger partial charge in [-0.3, -0.25) is 4.57 Å². The van der Waals surface area contributed by atoms with Crippen LogP contribution < -0.4 is 11.4 Å². The topological polar surface area (TPSA) is 76.7 Å². The summed E-state index contributed by atoms with van der Waals surface area (Å²) in [4.78, 5) is 12.6. The van der Waals surface area contributed by atoms with Gasteiger partial charge in [-0.25, -0.2) is 9.89 Å². The predicted octanol–water partition coefficient (Wildman–Crippen LogP) is 2.49. The normalized spacial score (nSPS) is 14.5. The maximum Gasteiger partial charge on any atom is 0.343 e. The summed E-state index contributed by atoms with van der Waals surface area (Å²) in [6.45, 7) is 4.42. The van der Waals surface area contributed by atoms with E-state index in [1.165, 1.54) is 23.1 Å². The smallest absolute Gasteiger partial charge is 0.327 e. The molecule has 0 aliphatic heterocycles. The van der Waals surface area contributed by atoms with Gasteiger partial charge in [-0.1, -0.05) is 23.4 Å². The van der Waals surface area contributed by atoms with E-state index >= 15 is 0 Å². The highest BCUT2D eigenvalue weighted by molar-refractivity contribution is 7.99. The van der Waals surface area contributed by atoms with Gasteiger partial charge in [0, 0.05) is 17.5 Å². The van der Waals surface area contributed by atoms with E-state index in [0.717, 1.165) is 9.21 Å². The number of aromatic amines is 1. The lowest BCUT2D eigenvalue weighted by molar-refractivity contribution is 0.653. The van der Waals surface area contributed by atoms with E-state index in [0.29, 0.717) is 11.7 Å². The van der Waals surface area contributed by atoms with Crippen molar-refractivity contribution in [3.05, 3.63) is 31.8 Å². The Labute approximate surface area is 124 Å². The molecular weight excluding hydrogens is 304 g/mol. The van der Waals surface area contributed by atoms with Gasteiger partial charge in [0.15, 0.2) is 5.16 Å². The van der Waals surface area contributed by atoms with E-state index in [1.807, 2.05) is 26.0 Å². The summed E-state index contributed by atoms with van der Waals surface area (Å²) >= 11 is 8.95. The summed E-state index contributed by atoms with van der Waals surface area (Å²) in [5.41, 5.74) is 5.84. The molecule has 19 heavy (non-hydrogen) atoms. The van der Waals surface area contributed by atoms with E-state index in [1.54, 1.807) is 4.57 Å². The Morgan fingerprint density at radius 2 is 2.37 bits per heavy atom. The first-order valence-electron chi connectivity index (χ1n) is 5.85. The molecule has 2 unspecified atom stereocenters. The fraction of sp³-hybridized carbons (Fsp3) is 0.455. The van der Waals surface area contributed by atoms with Crippen molar-refractivity contribution >= 4 is 34.7 Å². The second kappa shape index (κ2) is 6.13. The second-order valence-corrected chi connectivity index (χ2v) is 6.95. The lowest BCUT2D eigenvalue weighted by atomic mass is 10.2. The third-order valence-electron chi connectivity index (χ3n) is 2.62. The highest BCUT2D eigenvalue weighted by Gasteiger charge is 2.22. The van der Waals surface area contributed by atoms with Gasteiger partial charge in [-0.15, -0.1) is 16.4 Å². The summed E-state index contributed by atoms with van der Waals surface area (Å²) < 4.78 is 2.33. The molecule has 0 aliphatic carbocycles. The van der Waals surface area contributed by atoms with Crippen LogP contribution in [-0.4, -0.2) is 20.8 Å². The highest BCUT2D eigenvalue weighted by atomic mass is 35.5. The van der Waals surface area contributed by atoms with E-state index in [4.69, 9.17) is 17.3 Å². The van der Waals surface area contributed by atoms with Crippen LogP contribution in [0.4, 0.5) is 0 Å². The van der Waals surface area contributed by atoms with Crippen molar-refractivity contribution < 1.29 is 0 Å². The minimum atomic E-state index is -0.197. The van der Waals surface area contributed by atoms with Crippen molar-refractivity contribution in [3.8, 4) is 0 Å². The lowest BCUT2D eigenvalue weighted by Crippen LogP contribution is -2.23. The van der Waals surface area contributed by atoms with Crippen LogP contribution in [0.3, 0.4) is 0 Å². The zero-order valence-electron chi connectivity index (χ0n) is 10.6. The van der Waals surface area contributed by atoms with Crippen molar-refractivity contribution in [2.75, 3.05) is 0 Å². The van der Waals surface area contributed by atoms with Crippen LogP contribution in [0.15, 0.2) is 22.1 Å². The molecule has 2 aromatic rings. The molecule has 0 aliphatic rings. The number of nitrogens with one attached hydrogen (secondary N) is 1. The molecular formula is C11H15ClN4OS2. The first-order chi connectivity index (χ1) is 9.02. The SMILES string of the molecule is CCn1c(SC(c2ccc(Cl)s2)C(C)N)n[nH]c1=O. The third kappa shape index (κ3) is 3.22. The van der Waals surface area contributed by atoms with Crippen molar-refractivity contribution in [1.82, 2.24) is 14.8 Å². The molecule has 0 fully saturated rings. The molecule has 0 saturated carbocycles. The quantitative estimate of drug-likeness (QED) is 0.830. The molecule has 0 amide bonds. The third-order valence-corrected chi connectivity index (χ3v) is 5.55. The number of aromatic nitrogens is 3. The molecule has 2 atom stereocenters. The van der Waals surface area contributed by atoms with Crippen molar-refractivity contribution in [3.63, 3.8) is 0 Å². The Balaban J connectivity index is 2.29. The van der Waals surface area contributed by atoms with Gasteiger partial charge >= 0.3 is 5.69 Å². The number of hydrogen-bond donors (Lipinski definition) is 2. The Hall–Kier alpha value is -0.760. The molecule has 2 aromatic heterocycles. The Morgan fingerprint density at radius 1 is 1.63 bits per heavy atom. The fourth-order valence-electron chi connectivity index (χ4n) is 1.69. The van der Waals surface area contributed by atoms with Crippen LogP contribution in [0.2, 0.25) is 4.34 Å². The van der Waals surface area contributed by atoms with Gasteiger partial charge in [0.05, 0.1) is 9.59 Å². The Kier molecular flexibility index (Phi) is 4.72. The van der Waals surface area contributed by atoms with Gasteiger partial charge in [-0.2, -0.15) is 0 Å². The van der Waals surface area contributed by atoms with Gasteiger partial charge in [-0.05, 0) is 26.0 Å². The number of hydrogen-bond acceptors (Lipinski definition) is 5. The average molecular weight is 319 g/mol. The molecule has 3 N–H and O–H groups in total. The van der Waals surface area contributed by atoms with Crippen LogP contribution in [-0.2, 0) is 6.54 Å². The Morgan fingerprint density at radius 3 is 2.89 bits per heavy atom. The number of halogens is 1. The van der Waals surface area contributed by atoms with Gasteiger partial charge in [0.25, 0.3) is 0 Å². The van der Waals surface area contributed by atoms with Gasteiger partial charge in [0.1, 0.15) is 0 Å². The largest absolute Gasteiger partial charge is 0.343 e. The molecule has 104 valence electrons. The zero-order valence-corrected chi connectivity index (χ0v) is 13.0. The van der Waals surface area contributed by atoms with Gasteiger partial charge < -0.3 is 5.73 Å². The number of thiophene rings is 1. The van der Waals surface area contributed by atoms with Crippen LogP contribution >= 0.6 is 34.7 Å². The standard InChI is InChI=1S/C11H15ClN4OS2/c1-3-16-10(17)14-15-11(16)19-9(6(2)13)7-4-5-8(12)18-7/h4-6,9H,3,13H2,1-2H3,(H,14,17). The molecule has 8 heteroatoms. The zero-order chi connectivity index (χ0) is 14.0. The summed E-state index contributed by atoms with van der Waals surface area (Å²) in [6.07, 6.45) is 0. The number of nitrogens with zero attached hydrogens (tertiary/aromatic N) is 2. The number of nitrogens with two attached hydrogens (primary N) is 1. The van der Waals surface area contributed by atoms with E-state index in [-0.39, 0.29) is 17.0 Å². The summed E-state index contributed by atoms with van der Waals surface area (Å²) in [5.74, 6) is 0. The lowest BCUT2D eigenvalue weighted by Gasteiger charge is -2.18. The number of thioether (sulfide) groups is 1. The van der Waals surface area contributed by atoms with Crippen LogP contribution in [0.1, 0.15) is 24.0 Å². The van der Waals surface area contributed by atoms with Gasteiger partial charge in [0.2, 0.25) is 0 Å². The predicted molar refractivity (Wildman–Crippen MR) is 80.1 cm³/mol. The number of H-pyrrole nitrogens is 1. The van der Waals surface area contributed by atoms with E-state index < -0.39 is 0 Å². The summed E-state index contributed by atoms with van der Waals surface area (Å²) in [7, 11) is 0. The van der Waals surface area contributed by atoms with Crippen molar-refractivity contribution in [2.24, 2.45) is 5.73 Å². The maximum absolute atomic E-state index is 11.5. The summed E-state index contributed by atoms with van der Waals surface area (Å²) in [6, 6.07) is 3.75. The highest BCUT2D eigenvalue weighted by Crippen LogP contribution is 2.40. The molecule has 0 radical (unpaired) electrons. The minimum absolute atomic E-state index is 0.0259. The summed E-state index contributed by atoms with van der Waals surface area (Å²) in [5, 5.41) is 7.19. The molecule has 0 bridgehead atoms. The van der Waals surface area contributed by atoms with Crippen LogP contribution in [0.5, 0.6) is 0 Å². The molecule has 2 heterocycles. The molecule has 0 spiro atoms.